The average molecular weight is 346 g/mol. The minimum absolute atomic E-state index is 0.0123. The Morgan fingerprint density at radius 2 is 1.96 bits per heavy atom. The number of aryl methyl sites for hydroxylation is 2. The van der Waals surface area contributed by atoms with E-state index in [1.165, 1.54) is 4.90 Å². The lowest BCUT2D eigenvalue weighted by molar-refractivity contribution is -0.160. The first-order valence-electron chi connectivity index (χ1n) is 8.40. The SMILES string of the molecule is Cc1ccc(N2CC[C@@H](C(=O)N3CCO[C@@H](C(=O)O)C3)C2=O)cc1C. The number of benzene rings is 1. The molecule has 2 fully saturated rings. The number of anilines is 1. The fourth-order valence-corrected chi connectivity index (χ4v) is 3.28. The largest absolute Gasteiger partial charge is 0.479 e. The molecular formula is C18H22N2O5. The molecule has 2 aliphatic heterocycles. The Balaban J connectivity index is 1.71. The molecule has 2 atom stereocenters. The van der Waals surface area contributed by atoms with Crippen molar-refractivity contribution in [3.05, 3.63) is 29.3 Å². The molecule has 3 rings (SSSR count). The van der Waals surface area contributed by atoms with E-state index in [0.29, 0.717) is 19.5 Å². The van der Waals surface area contributed by atoms with Crippen LogP contribution < -0.4 is 4.90 Å². The lowest BCUT2D eigenvalue weighted by Gasteiger charge is -2.32. The third kappa shape index (κ3) is 3.37. The molecule has 25 heavy (non-hydrogen) atoms. The Morgan fingerprint density at radius 1 is 1.20 bits per heavy atom. The number of carbonyl (C=O) groups is 3. The molecule has 2 heterocycles. The van der Waals surface area contributed by atoms with Gasteiger partial charge in [-0.05, 0) is 43.5 Å². The number of morpholine rings is 1. The summed E-state index contributed by atoms with van der Waals surface area (Å²) in [5.41, 5.74) is 3.04. The number of rotatable bonds is 3. The van der Waals surface area contributed by atoms with Crippen molar-refractivity contribution in [2.45, 2.75) is 26.4 Å². The highest BCUT2D eigenvalue weighted by Crippen LogP contribution is 2.28. The van der Waals surface area contributed by atoms with Gasteiger partial charge in [-0.1, -0.05) is 6.07 Å². The molecule has 7 nitrogen and oxygen atoms in total. The van der Waals surface area contributed by atoms with E-state index in [1.807, 2.05) is 32.0 Å². The summed E-state index contributed by atoms with van der Waals surface area (Å²) < 4.78 is 5.14. The van der Waals surface area contributed by atoms with Gasteiger partial charge in [-0.3, -0.25) is 9.59 Å². The second kappa shape index (κ2) is 6.84. The summed E-state index contributed by atoms with van der Waals surface area (Å²) in [4.78, 5) is 39.6. The highest BCUT2D eigenvalue weighted by molar-refractivity contribution is 6.09. The van der Waals surface area contributed by atoms with Gasteiger partial charge in [0.2, 0.25) is 11.8 Å². The number of amides is 2. The Morgan fingerprint density at radius 3 is 2.64 bits per heavy atom. The number of carboxylic acid groups (broad SMARTS) is 1. The van der Waals surface area contributed by atoms with Gasteiger partial charge in [0.1, 0.15) is 5.92 Å². The summed E-state index contributed by atoms with van der Waals surface area (Å²) in [5, 5.41) is 9.06. The topological polar surface area (TPSA) is 87.2 Å². The maximum Gasteiger partial charge on any atom is 0.334 e. The van der Waals surface area contributed by atoms with E-state index >= 15 is 0 Å². The first-order chi connectivity index (χ1) is 11.9. The number of aliphatic carboxylic acids is 1. The van der Waals surface area contributed by atoms with Crippen LogP contribution in [0.5, 0.6) is 0 Å². The predicted octanol–water partition coefficient (Wildman–Crippen LogP) is 0.968. The van der Waals surface area contributed by atoms with Crippen LogP contribution in [0.25, 0.3) is 0 Å². The fraction of sp³-hybridized carbons (Fsp3) is 0.500. The molecule has 0 radical (unpaired) electrons. The Labute approximate surface area is 146 Å². The van der Waals surface area contributed by atoms with Crippen LogP contribution in [0.2, 0.25) is 0 Å². The number of carbonyl (C=O) groups excluding carboxylic acids is 2. The van der Waals surface area contributed by atoms with Crippen molar-refractivity contribution in [2.75, 3.05) is 31.1 Å². The van der Waals surface area contributed by atoms with Crippen molar-refractivity contribution in [2.24, 2.45) is 5.92 Å². The van der Waals surface area contributed by atoms with Crippen molar-refractivity contribution in [1.82, 2.24) is 4.90 Å². The molecule has 2 saturated heterocycles. The predicted molar refractivity (Wildman–Crippen MR) is 90.3 cm³/mol. The normalized spacial score (nSPS) is 23.8. The monoisotopic (exact) mass is 346 g/mol. The van der Waals surface area contributed by atoms with E-state index in [4.69, 9.17) is 9.84 Å². The second-order valence-electron chi connectivity index (χ2n) is 6.58. The summed E-state index contributed by atoms with van der Waals surface area (Å²) in [5.74, 6) is -2.35. The quantitative estimate of drug-likeness (QED) is 0.824. The van der Waals surface area contributed by atoms with Crippen LogP contribution in [0.1, 0.15) is 17.5 Å². The van der Waals surface area contributed by atoms with Crippen LogP contribution in [0.3, 0.4) is 0 Å². The van der Waals surface area contributed by atoms with Crippen molar-refractivity contribution in [1.29, 1.82) is 0 Å². The minimum Gasteiger partial charge on any atom is -0.479 e. The third-order valence-corrected chi connectivity index (χ3v) is 4.96. The molecule has 2 aliphatic rings. The van der Waals surface area contributed by atoms with Gasteiger partial charge >= 0.3 is 5.97 Å². The highest BCUT2D eigenvalue weighted by Gasteiger charge is 2.41. The number of nitrogens with zero attached hydrogens (tertiary/aromatic N) is 2. The Bertz CT molecular complexity index is 717. The summed E-state index contributed by atoms with van der Waals surface area (Å²) in [7, 11) is 0. The zero-order chi connectivity index (χ0) is 18.1. The molecule has 0 saturated carbocycles. The minimum atomic E-state index is -1.09. The third-order valence-electron chi connectivity index (χ3n) is 4.96. The van der Waals surface area contributed by atoms with Crippen molar-refractivity contribution >= 4 is 23.5 Å². The van der Waals surface area contributed by atoms with Gasteiger partial charge in [0.05, 0.1) is 13.2 Å². The van der Waals surface area contributed by atoms with E-state index in [0.717, 1.165) is 16.8 Å². The molecule has 7 heteroatoms. The van der Waals surface area contributed by atoms with E-state index in [-0.39, 0.29) is 25.0 Å². The smallest absolute Gasteiger partial charge is 0.334 e. The highest BCUT2D eigenvalue weighted by atomic mass is 16.5. The number of ether oxygens (including phenoxy) is 1. The lowest BCUT2D eigenvalue weighted by Crippen LogP contribution is -2.51. The van der Waals surface area contributed by atoms with Gasteiger partial charge in [-0.25, -0.2) is 4.79 Å². The van der Waals surface area contributed by atoms with Gasteiger partial charge in [0, 0.05) is 18.8 Å². The van der Waals surface area contributed by atoms with Crippen molar-refractivity contribution in [3.8, 4) is 0 Å². The second-order valence-corrected chi connectivity index (χ2v) is 6.58. The average Bonchev–Trinajstić information content (AvgIpc) is 2.98. The number of carboxylic acids is 1. The van der Waals surface area contributed by atoms with Gasteiger partial charge in [-0.15, -0.1) is 0 Å². The van der Waals surface area contributed by atoms with Crippen LogP contribution in [0, 0.1) is 19.8 Å². The van der Waals surface area contributed by atoms with Gasteiger partial charge in [0.25, 0.3) is 0 Å². The Kier molecular flexibility index (Phi) is 4.76. The van der Waals surface area contributed by atoms with Gasteiger partial charge in [0.15, 0.2) is 6.10 Å². The van der Waals surface area contributed by atoms with Crippen molar-refractivity contribution in [3.63, 3.8) is 0 Å². The van der Waals surface area contributed by atoms with E-state index in [2.05, 4.69) is 0 Å². The molecule has 0 bridgehead atoms. The van der Waals surface area contributed by atoms with Crippen LogP contribution in [-0.4, -0.2) is 60.1 Å². The maximum atomic E-state index is 12.7. The first kappa shape index (κ1) is 17.4. The summed E-state index contributed by atoms with van der Waals surface area (Å²) in [6, 6.07) is 5.81. The molecule has 2 amide bonds. The molecule has 0 aromatic heterocycles. The van der Waals surface area contributed by atoms with Crippen LogP contribution >= 0.6 is 0 Å². The maximum absolute atomic E-state index is 12.7. The molecule has 134 valence electrons. The molecule has 1 N–H and O–H groups in total. The van der Waals surface area contributed by atoms with E-state index in [9.17, 15) is 14.4 Å². The first-order valence-corrected chi connectivity index (χ1v) is 8.40. The lowest BCUT2D eigenvalue weighted by atomic mass is 10.1. The zero-order valence-corrected chi connectivity index (χ0v) is 14.4. The summed E-state index contributed by atoms with van der Waals surface area (Å²) in [6.45, 7) is 4.96. The van der Waals surface area contributed by atoms with Crippen LogP contribution in [0.4, 0.5) is 5.69 Å². The van der Waals surface area contributed by atoms with Crippen LogP contribution in [-0.2, 0) is 19.1 Å². The molecule has 1 aromatic rings. The van der Waals surface area contributed by atoms with E-state index in [1.54, 1.807) is 4.90 Å². The molecular weight excluding hydrogens is 324 g/mol. The Hall–Kier alpha value is -2.41. The molecule has 0 aliphatic carbocycles. The fourth-order valence-electron chi connectivity index (χ4n) is 3.28. The molecule has 0 unspecified atom stereocenters. The molecule has 1 aromatic carbocycles. The molecule has 0 spiro atoms. The number of hydrogen-bond acceptors (Lipinski definition) is 4. The van der Waals surface area contributed by atoms with Crippen LogP contribution in [0.15, 0.2) is 18.2 Å². The zero-order valence-electron chi connectivity index (χ0n) is 14.4. The standard InChI is InChI=1S/C18H22N2O5/c1-11-3-4-13(9-12(11)2)20-6-5-14(17(20)22)16(21)19-7-8-25-15(10-19)18(23)24/h3-4,9,14-15H,5-8,10H2,1-2H3,(H,23,24)/t14-,15+/m0/s1. The number of hydrogen-bond donors (Lipinski definition) is 1. The van der Waals surface area contributed by atoms with Crippen molar-refractivity contribution < 1.29 is 24.2 Å². The van der Waals surface area contributed by atoms with E-state index < -0.39 is 18.0 Å². The van der Waals surface area contributed by atoms with Gasteiger partial charge < -0.3 is 19.6 Å². The summed E-state index contributed by atoms with van der Waals surface area (Å²) in [6.07, 6.45) is -0.579. The van der Waals surface area contributed by atoms with Gasteiger partial charge in [-0.2, -0.15) is 0 Å². The summed E-state index contributed by atoms with van der Waals surface area (Å²) >= 11 is 0.